The number of rotatable bonds is 7. The zero-order valence-electron chi connectivity index (χ0n) is 17.0. The minimum Gasteiger partial charge on any atom is -0.480 e. The first-order valence-corrected chi connectivity index (χ1v) is 11.2. The van der Waals surface area contributed by atoms with Gasteiger partial charge in [-0.2, -0.15) is 9.78 Å². The highest BCUT2D eigenvalue weighted by Crippen LogP contribution is 2.39. The van der Waals surface area contributed by atoms with Crippen molar-refractivity contribution in [3.05, 3.63) is 94.6 Å². The first-order chi connectivity index (χ1) is 15.5. The predicted molar refractivity (Wildman–Crippen MR) is 126 cm³/mol. The van der Waals surface area contributed by atoms with Crippen molar-refractivity contribution in [2.24, 2.45) is 0 Å². The average Bonchev–Trinajstić information content (AvgIpc) is 3.09. The van der Waals surface area contributed by atoms with Gasteiger partial charge in [0.05, 0.1) is 21.3 Å². The maximum Gasteiger partial charge on any atom is 0.350 e. The van der Waals surface area contributed by atoms with E-state index in [2.05, 4.69) is 5.10 Å². The second kappa shape index (κ2) is 10.1. The molecule has 162 valence electrons. The molecule has 0 atom stereocenters. The van der Waals surface area contributed by atoms with Gasteiger partial charge in [-0.3, -0.25) is 0 Å². The van der Waals surface area contributed by atoms with Gasteiger partial charge in [0.2, 0.25) is 5.88 Å². The van der Waals surface area contributed by atoms with Crippen molar-refractivity contribution in [1.29, 1.82) is 0 Å². The molecule has 1 heterocycles. The molecule has 0 aliphatic carbocycles. The van der Waals surface area contributed by atoms with Crippen LogP contribution in [0.2, 0.25) is 10.0 Å². The molecular weight excluding hydrogens is 467 g/mol. The second-order valence-electron chi connectivity index (χ2n) is 6.72. The van der Waals surface area contributed by atoms with Crippen LogP contribution in [0.1, 0.15) is 5.69 Å². The average molecular weight is 485 g/mol. The highest BCUT2D eigenvalue weighted by molar-refractivity contribution is 7.99. The van der Waals surface area contributed by atoms with Crippen LogP contribution in [0, 0.1) is 6.92 Å². The lowest BCUT2D eigenvalue weighted by molar-refractivity contribution is -0.137. The topological polar surface area (TPSA) is 53.4 Å². The van der Waals surface area contributed by atoms with Crippen LogP contribution in [0.5, 0.6) is 11.6 Å². The molecule has 4 aromatic rings. The van der Waals surface area contributed by atoms with Crippen LogP contribution in [-0.2, 0) is 4.79 Å². The summed E-state index contributed by atoms with van der Waals surface area (Å²) >= 11 is 13.5. The molecule has 0 aliphatic heterocycles. The van der Waals surface area contributed by atoms with Crippen LogP contribution >= 0.6 is 35.0 Å². The van der Waals surface area contributed by atoms with Crippen molar-refractivity contribution in [1.82, 2.24) is 9.78 Å². The molecule has 0 unspecified atom stereocenters. The monoisotopic (exact) mass is 484 g/mol. The summed E-state index contributed by atoms with van der Waals surface area (Å²) < 4.78 is 12.9. The molecule has 4 rings (SSSR count). The Kier molecular flexibility index (Phi) is 7.05. The third-order valence-corrected chi connectivity index (χ3v) is 6.09. The highest BCUT2D eigenvalue weighted by Gasteiger charge is 2.22. The summed E-state index contributed by atoms with van der Waals surface area (Å²) in [5.74, 6) is 0.0982. The van der Waals surface area contributed by atoms with E-state index in [0.717, 1.165) is 21.2 Å². The molecule has 0 saturated heterocycles. The van der Waals surface area contributed by atoms with E-state index in [1.54, 1.807) is 22.9 Å². The van der Waals surface area contributed by atoms with Gasteiger partial charge in [0.15, 0.2) is 6.61 Å². The van der Waals surface area contributed by atoms with E-state index < -0.39 is 5.97 Å². The van der Waals surface area contributed by atoms with E-state index in [9.17, 15) is 4.79 Å². The Morgan fingerprint density at radius 3 is 2.38 bits per heavy atom. The van der Waals surface area contributed by atoms with Crippen LogP contribution in [-0.4, -0.2) is 22.4 Å². The molecule has 3 aromatic carbocycles. The molecule has 0 fully saturated rings. The number of benzene rings is 3. The van der Waals surface area contributed by atoms with Crippen LogP contribution < -0.4 is 9.47 Å². The number of esters is 1. The van der Waals surface area contributed by atoms with Gasteiger partial charge in [0.25, 0.3) is 0 Å². The predicted octanol–water partition coefficient (Wildman–Crippen LogP) is 6.62. The Morgan fingerprint density at radius 2 is 1.69 bits per heavy atom. The smallest absolute Gasteiger partial charge is 0.350 e. The van der Waals surface area contributed by atoms with E-state index in [-0.39, 0.29) is 6.61 Å². The van der Waals surface area contributed by atoms with Crippen LogP contribution in [0.4, 0.5) is 0 Å². The third-order valence-electron chi connectivity index (χ3n) is 4.38. The van der Waals surface area contributed by atoms with Gasteiger partial charge in [-0.15, -0.1) is 0 Å². The molecule has 0 amide bonds. The Hall–Kier alpha value is -2.93. The summed E-state index contributed by atoms with van der Waals surface area (Å²) in [5.41, 5.74) is 1.52. The first-order valence-electron chi connectivity index (χ1n) is 9.68. The zero-order valence-corrected chi connectivity index (χ0v) is 19.3. The number of halogens is 2. The Balaban J connectivity index is 1.60. The number of aromatic nitrogens is 2. The number of para-hydroxylation sites is 1. The van der Waals surface area contributed by atoms with E-state index in [1.165, 1.54) is 11.8 Å². The molecule has 5 nitrogen and oxygen atoms in total. The van der Waals surface area contributed by atoms with Crippen molar-refractivity contribution < 1.29 is 14.3 Å². The molecular formula is C24H18Cl2N2O3S. The second-order valence-corrected chi connectivity index (χ2v) is 8.65. The van der Waals surface area contributed by atoms with E-state index in [4.69, 9.17) is 32.7 Å². The lowest BCUT2D eigenvalue weighted by Crippen LogP contribution is -2.19. The van der Waals surface area contributed by atoms with Crippen LogP contribution in [0.25, 0.3) is 5.69 Å². The number of aryl methyl sites for hydroxylation is 1. The minimum atomic E-state index is -0.581. The molecule has 0 bridgehead atoms. The normalized spacial score (nSPS) is 10.7. The number of carbonyl (C=O) groups is 1. The summed E-state index contributed by atoms with van der Waals surface area (Å²) in [6, 6.07) is 24.1. The number of hydrogen-bond acceptors (Lipinski definition) is 5. The molecule has 0 spiro atoms. The van der Waals surface area contributed by atoms with E-state index >= 15 is 0 Å². The number of ether oxygens (including phenoxy) is 2. The lowest BCUT2D eigenvalue weighted by Gasteiger charge is -2.11. The summed E-state index contributed by atoms with van der Waals surface area (Å²) in [5, 5.41) is 5.41. The van der Waals surface area contributed by atoms with Crippen LogP contribution in [0.3, 0.4) is 0 Å². The van der Waals surface area contributed by atoms with Gasteiger partial charge in [-0.05, 0) is 49.4 Å². The van der Waals surface area contributed by atoms with E-state index in [0.29, 0.717) is 21.7 Å². The van der Waals surface area contributed by atoms with Gasteiger partial charge < -0.3 is 9.47 Å². The van der Waals surface area contributed by atoms with E-state index in [1.807, 2.05) is 67.6 Å². The molecule has 0 saturated carbocycles. The third kappa shape index (κ3) is 5.27. The maximum atomic E-state index is 12.7. The number of nitrogens with zero attached hydrogens (tertiary/aromatic N) is 2. The zero-order chi connectivity index (χ0) is 22.5. The molecule has 8 heteroatoms. The maximum absolute atomic E-state index is 12.7. The Morgan fingerprint density at radius 1 is 1.00 bits per heavy atom. The molecule has 1 aromatic heterocycles. The molecule has 0 aliphatic rings. The fourth-order valence-electron chi connectivity index (χ4n) is 2.92. The molecule has 0 N–H and O–H groups in total. The van der Waals surface area contributed by atoms with Crippen molar-refractivity contribution >= 4 is 40.9 Å². The van der Waals surface area contributed by atoms with Crippen LogP contribution in [0.15, 0.2) is 88.7 Å². The number of hydrogen-bond donors (Lipinski definition) is 0. The fourth-order valence-corrected chi connectivity index (χ4v) is 4.31. The van der Waals surface area contributed by atoms with Gasteiger partial charge in [-0.1, -0.05) is 71.4 Å². The Bertz CT molecular complexity index is 1230. The van der Waals surface area contributed by atoms with Crippen molar-refractivity contribution in [2.45, 2.75) is 16.7 Å². The largest absolute Gasteiger partial charge is 0.480 e. The van der Waals surface area contributed by atoms with Crippen molar-refractivity contribution in [3.8, 4) is 17.3 Å². The molecule has 32 heavy (non-hydrogen) atoms. The lowest BCUT2D eigenvalue weighted by atomic mass is 10.3. The highest BCUT2D eigenvalue weighted by atomic mass is 35.5. The Labute approximate surface area is 199 Å². The first kappa shape index (κ1) is 22.3. The SMILES string of the molecule is Cc1nn(-c2ccccc2)c(OC(=O)COc2ccc(Cl)cc2Cl)c1Sc1ccccc1. The summed E-state index contributed by atoms with van der Waals surface area (Å²) in [6.45, 7) is 1.56. The summed E-state index contributed by atoms with van der Waals surface area (Å²) in [6.07, 6.45) is 0. The molecule has 0 radical (unpaired) electrons. The summed E-state index contributed by atoms with van der Waals surface area (Å²) in [4.78, 5) is 14.4. The standard InChI is InChI=1S/C24H18Cl2N2O3S/c1-16-23(32-19-10-6-3-7-11-19)24(28(27-16)18-8-4-2-5-9-18)31-22(29)15-30-21-13-12-17(25)14-20(21)26/h2-14H,15H2,1H3. The van der Waals surface area contributed by atoms with Gasteiger partial charge >= 0.3 is 5.97 Å². The minimum absolute atomic E-state index is 0.316. The fraction of sp³-hybridized carbons (Fsp3) is 0.0833. The van der Waals surface area contributed by atoms with Crippen molar-refractivity contribution in [2.75, 3.05) is 6.61 Å². The van der Waals surface area contributed by atoms with Gasteiger partial charge in [-0.25, -0.2) is 4.79 Å². The van der Waals surface area contributed by atoms with Gasteiger partial charge in [0, 0.05) is 9.92 Å². The summed E-state index contributed by atoms with van der Waals surface area (Å²) in [7, 11) is 0. The number of carbonyl (C=O) groups excluding carboxylic acids is 1. The quantitative estimate of drug-likeness (QED) is 0.275. The van der Waals surface area contributed by atoms with Crippen molar-refractivity contribution in [3.63, 3.8) is 0 Å². The van der Waals surface area contributed by atoms with Gasteiger partial charge in [0.1, 0.15) is 5.75 Å².